The summed E-state index contributed by atoms with van der Waals surface area (Å²) in [7, 11) is 4.77. The Labute approximate surface area is 115 Å². The fraction of sp³-hybridized carbons (Fsp3) is 0.636. The Bertz CT molecular complexity index is 369. The molecule has 0 fully saturated rings. The first-order valence-corrected chi connectivity index (χ1v) is 5.24. The number of hydrogen-bond donors (Lipinski definition) is 0. The first-order valence-electron chi connectivity index (χ1n) is 5.24. The highest BCUT2D eigenvalue weighted by molar-refractivity contribution is 6.14. The molecule has 0 saturated heterocycles. The average molecular weight is 292 g/mol. The SMILES string of the molecule is COC(=O)C(C(=O)OC)C(OC)(C(=O)OC)C(=O)OC. The van der Waals surface area contributed by atoms with Crippen molar-refractivity contribution in [2.75, 3.05) is 35.5 Å². The number of carbonyl (C=O) groups is 4. The molecule has 0 aromatic rings. The zero-order valence-electron chi connectivity index (χ0n) is 11.8. The fourth-order valence-corrected chi connectivity index (χ4v) is 1.57. The molecule has 20 heavy (non-hydrogen) atoms. The molecule has 114 valence electrons. The molecule has 0 aliphatic rings. The minimum atomic E-state index is -2.65. The largest absolute Gasteiger partial charge is 0.468 e. The molecule has 0 aliphatic heterocycles. The van der Waals surface area contributed by atoms with Crippen LogP contribution in [0.1, 0.15) is 0 Å². The zero-order valence-corrected chi connectivity index (χ0v) is 11.8. The van der Waals surface area contributed by atoms with Crippen LogP contribution in [0.15, 0.2) is 0 Å². The molecule has 0 aromatic heterocycles. The van der Waals surface area contributed by atoms with Gasteiger partial charge in [-0.05, 0) is 0 Å². The number of rotatable bonds is 6. The number of carbonyl (C=O) groups excluding carboxylic acids is 4. The van der Waals surface area contributed by atoms with Crippen molar-refractivity contribution in [3.63, 3.8) is 0 Å². The van der Waals surface area contributed by atoms with Crippen LogP contribution in [-0.2, 0) is 42.9 Å². The molecule has 0 radical (unpaired) electrons. The summed E-state index contributed by atoms with van der Waals surface area (Å²) in [6.07, 6.45) is 0. The smallest absolute Gasteiger partial charge is 0.351 e. The van der Waals surface area contributed by atoms with E-state index < -0.39 is 35.4 Å². The van der Waals surface area contributed by atoms with E-state index in [2.05, 4.69) is 18.9 Å². The van der Waals surface area contributed by atoms with Crippen molar-refractivity contribution in [3.05, 3.63) is 0 Å². The lowest BCUT2D eigenvalue weighted by Gasteiger charge is -2.30. The van der Waals surface area contributed by atoms with Crippen molar-refractivity contribution in [1.29, 1.82) is 0 Å². The highest BCUT2D eigenvalue weighted by atomic mass is 16.6. The Kier molecular flexibility index (Phi) is 6.63. The Morgan fingerprint density at radius 2 is 1.05 bits per heavy atom. The van der Waals surface area contributed by atoms with Gasteiger partial charge in [0.15, 0.2) is 0 Å². The average Bonchev–Trinajstić information content (AvgIpc) is 2.49. The third-order valence-corrected chi connectivity index (χ3v) is 2.58. The first-order chi connectivity index (χ1) is 9.36. The molecule has 0 bridgehead atoms. The van der Waals surface area contributed by atoms with E-state index in [9.17, 15) is 19.2 Å². The Morgan fingerprint density at radius 1 is 0.700 bits per heavy atom. The van der Waals surface area contributed by atoms with Crippen LogP contribution in [-0.4, -0.2) is 65.0 Å². The highest BCUT2D eigenvalue weighted by Crippen LogP contribution is 2.28. The fourth-order valence-electron chi connectivity index (χ4n) is 1.57. The van der Waals surface area contributed by atoms with Crippen LogP contribution in [0, 0.1) is 5.92 Å². The predicted molar refractivity (Wildman–Crippen MR) is 61.3 cm³/mol. The van der Waals surface area contributed by atoms with E-state index >= 15 is 0 Å². The summed E-state index contributed by atoms with van der Waals surface area (Å²) in [5.74, 6) is -7.05. The molecule has 0 aromatic carbocycles. The molecule has 9 nitrogen and oxygen atoms in total. The van der Waals surface area contributed by atoms with Crippen LogP contribution in [0.4, 0.5) is 0 Å². The van der Waals surface area contributed by atoms with E-state index in [4.69, 9.17) is 4.74 Å². The van der Waals surface area contributed by atoms with Crippen molar-refractivity contribution >= 4 is 23.9 Å². The summed E-state index contributed by atoms with van der Waals surface area (Å²) in [6, 6.07) is 0. The number of methoxy groups -OCH3 is 5. The maximum atomic E-state index is 11.9. The summed E-state index contributed by atoms with van der Waals surface area (Å²) in [5, 5.41) is 0. The lowest BCUT2D eigenvalue weighted by Crippen LogP contribution is -2.60. The van der Waals surface area contributed by atoms with Crippen LogP contribution in [0.25, 0.3) is 0 Å². The van der Waals surface area contributed by atoms with Crippen molar-refractivity contribution in [2.24, 2.45) is 5.92 Å². The molecule has 0 unspecified atom stereocenters. The predicted octanol–water partition coefficient (Wildman–Crippen LogP) is -1.32. The van der Waals surface area contributed by atoms with Gasteiger partial charge in [-0.1, -0.05) is 0 Å². The molecule has 0 spiro atoms. The number of ether oxygens (including phenoxy) is 5. The van der Waals surface area contributed by atoms with Crippen LogP contribution in [0.3, 0.4) is 0 Å². The number of esters is 4. The van der Waals surface area contributed by atoms with Gasteiger partial charge in [0.1, 0.15) is 0 Å². The zero-order chi connectivity index (χ0) is 15.9. The van der Waals surface area contributed by atoms with Crippen molar-refractivity contribution < 1.29 is 42.9 Å². The van der Waals surface area contributed by atoms with Gasteiger partial charge in [0.2, 0.25) is 5.92 Å². The van der Waals surface area contributed by atoms with E-state index in [1.54, 1.807) is 0 Å². The van der Waals surface area contributed by atoms with Crippen LogP contribution >= 0.6 is 0 Å². The molecule has 0 atom stereocenters. The molecule has 0 N–H and O–H groups in total. The Morgan fingerprint density at radius 3 is 1.25 bits per heavy atom. The van der Waals surface area contributed by atoms with Gasteiger partial charge in [0, 0.05) is 7.11 Å². The minimum Gasteiger partial charge on any atom is -0.468 e. The summed E-state index contributed by atoms with van der Waals surface area (Å²) in [6.45, 7) is 0. The highest BCUT2D eigenvalue weighted by Gasteiger charge is 2.63. The van der Waals surface area contributed by atoms with Crippen LogP contribution < -0.4 is 0 Å². The maximum Gasteiger partial charge on any atom is 0.351 e. The topological polar surface area (TPSA) is 114 Å². The van der Waals surface area contributed by atoms with Gasteiger partial charge in [0.25, 0.3) is 5.60 Å². The standard InChI is InChI=1S/C11H16O9/c1-16-7(12)6(8(13)17-2)11(20-5,9(14)18-3)10(15)19-4/h6H,1-5H3. The summed E-state index contributed by atoms with van der Waals surface area (Å²) in [4.78, 5) is 47.2. The van der Waals surface area contributed by atoms with Gasteiger partial charge < -0.3 is 23.7 Å². The quantitative estimate of drug-likeness (QED) is 0.334. The van der Waals surface area contributed by atoms with Gasteiger partial charge >= 0.3 is 23.9 Å². The monoisotopic (exact) mass is 292 g/mol. The van der Waals surface area contributed by atoms with Gasteiger partial charge in [-0.3, -0.25) is 9.59 Å². The Hall–Kier alpha value is -2.16. The molecular formula is C11H16O9. The summed E-state index contributed by atoms with van der Waals surface area (Å²) < 4.78 is 22.4. The first kappa shape index (κ1) is 17.8. The van der Waals surface area contributed by atoms with E-state index in [-0.39, 0.29) is 0 Å². The number of hydrogen-bond acceptors (Lipinski definition) is 9. The normalized spacial score (nSPS) is 10.7. The third-order valence-electron chi connectivity index (χ3n) is 2.58. The Balaban J connectivity index is 6.13. The maximum absolute atomic E-state index is 11.9. The lowest BCUT2D eigenvalue weighted by atomic mass is 9.86. The van der Waals surface area contributed by atoms with Gasteiger partial charge in [-0.2, -0.15) is 0 Å². The molecule has 0 amide bonds. The van der Waals surface area contributed by atoms with E-state index in [0.717, 1.165) is 35.5 Å². The molecule has 9 heteroatoms. The molecular weight excluding hydrogens is 276 g/mol. The molecule has 0 rings (SSSR count). The second-order valence-corrected chi connectivity index (χ2v) is 3.40. The second-order valence-electron chi connectivity index (χ2n) is 3.40. The van der Waals surface area contributed by atoms with E-state index in [0.29, 0.717) is 0 Å². The van der Waals surface area contributed by atoms with Gasteiger partial charge in [0.05, 0.1) is 28.4 Å². The van der Waals surface area contributed by atoms with Gasteiger partial charge in [-0.25, -0.2) is 9.59 Å². The van der Waals surface area contributed by atoms with E-state index in [1.807, 2.05) is 0 Å². The minimum absolute atomic E-state index is 0.937. The van der Waals surface area contributed by atoms with Crippen LogP contribution in [0.5, 0.6) is 0 Å². The molecule has 0 saturated carbocycles. The van der Waals surface area contributed by atoms with Crippen molar-refractivity contribution in [1.82, 2.24) is 0 Å². The third kappa shape index (κ3) is 2.87. The van der Waals surface area contributed by atoms with Gasteiger partial charge in [-0.15, -0.1) is 0 Å². The summed E-state index contributed by atoms with van der Waals surface area (Å²) in [5.41, 5.74) is -2.65. The van der Waals surface area contributed by atoms with Crippen LogP contribution in [0.2, 0.25) is 0 Å². The van der Waals surface area contributed by atoms with Crippen molar-refractivity contribution in [2.45, 2.75) is 5.60 Å². The lowest BCUT2D eigenvalue weighted by molar-refractivity contribution is -0.202. The summed E-state index contributed by atoms with van der Waals surface area (Å²) >= 11 is 0. The molecule has 0 aliphatic carbocycles. The van der Waals surface area contributed by atoms with E-state index in [1.165, 1.54) is 0 Å². The van der Waals surface area contributed by atoms with Crippen molar-refractivity contribution in [3.8, 4) is 0 Å². The molecule has 0 heterocycles. The second kappa shape index (κ2) is 7.43.